The summed E-state index contributed by atoms with van der Waals surface area (Å²) in [6.07, 6.45) is 9.87. The fourth-order valence-electron chi connectivity index (χ4n) is 1.67. The molecule has 0 aromatic rings. The third-order valence-corrected chi connectivity index (χ3v) is 2.47. The molecule has 2 aliphatic carbocycles. The van der Waals surface area contributed by atoms with Crippen LogP contribution in [0, 0.1) is 11.8 Å². The SMILES string of the molecule is CC1=CC2CCC2C=C1. The summed E-state index contributed by atoms with van der Waals surface area (Å²) in [4.78, 5) is 0. The standard InChI is InChI=1S/C9H12/c1-7-2-3-8-4-5-9(8)6-7/h2-3,6,8-9H,4-5H2,1H3. The normalized spacial score (nSPS) is 39.0. The van der Waals surface area contributed by atoms with Gasteiger partial charge in [0.2, 0.25) is 0 Å². The number of allylic oxidation sites excluding steroid dienone is 4. The molecule has 0 aromatic heterocycles. The average molecular weight is 120 g/mol. The lowest BCUT2D eigenvalue weighted by Crippen LogP contribution is -2.23. The molecule has 2 rings (SSSR count). The number of hydrogen-bond donors (Lipinski definition) is 0. The van der Waals surface area contributed by atoms with Gasteiger partial charge in [-0.2, -0.15) is 0 Å². The van der Waals surface area contributed by atoms with E-state index < -0.39 is 0 Å². The Hall–Kier alpha value is -0.520. The van der Waals surface area contributed by atoms with Crippen LogP contribution in [0.5, 0.6) is 0 Å². The Bertz CT molecular complexity index is 174. The molecule has 2 aliphatic rings. The molecule has 0 heterocycles. The molecular formula is C9H12. The summed E-state index contributed by atoms with van der Waals surface area (Å²) in [5, 5.41) is 0. The first-order valence-corrected chi connectivity index (χ1v) is 3.73. The zero-order valence-electron chi connectivity index (χ0n) is 5.80. The number of rotatable bonds is 0. The van der Waals surface area contributed by atoms with E-state index in [1.807, 2.05) is 0 Å². The Labute approximate surface area is 56.3 Å². The lowest BCUT2D eigenvalue weighted by molar-refractivity contribution is 0.281. The minimum atomic E-state index is 0.911. The van der Waals surface area contributed by atoms with Gasteiger partial charge in [-0.25, -0.2) is 0 Å². The Morgan fingerprint density at radius 1 is 1.33 bits per heavy atom. The maximum Gasteiger partial charge on any atom is -0.0164 e. The van der Waals surface area contributed by atoms with Crippen LogP contribution < -0.4 is 0 Å². The van der Waals surface area contributed by atoms with Crippen LogP contribution in [0.4, 0.5) is 0 Å². The van der Waals surface area contributed by atoms with Crippen LogP contribution in [0.3, 0.4) is 0 Å². The van der Waals surface area contributed by atoms with Gasteiger partial charge in [0.1, 0.15) is 0 Å². The molecule has 0 amide bonds. The summed E-state index contributed by atoms with van der Waals surface area (Å²) in [7, 11) is 0. The second kappa shape index (κ2) is 1.73. The third kappa shape index (κ3) is 0.735. The summed E-state index contributed by atoms with van der Waals surface area (Å²) < 4.78 is 0. The Morgan fingerprint density at radius 2 is 2.11 bits per heavy atom. The van der Waals surface area contributed by atoms with Crippen molar-refractivity contribution in [3.05, 3.63) is 23.8 Å². The topological polar surface area (TPSA) is 0 Å². The fourth-order valence-corrected chi connectivity index (χ4v) is 1.67. The second-order valence-electron chi connectivity index (χ2n) is 3.17. The van der Waals surface area contributed by atoms with Crippen molar-refractivity contribution in [1.29, 1.82) is 0 Å². The van der Waals surface area contributed by atoms with Crippen LogP contribution >= 0.6 is 0 Å². The van der Waals surface area contributed by atoms with Crippen molar-refractivity contribution in [2.24, 2.45) is 11.8 Å². The average Bonchev–Trinajstić information content (AvgIpc) is 1.78. The lowest BCUT2D eigenvalue weighted by Gasteiger charge is -2.34. The quantitative estimate of drug-likeness (QED) is 0.461. The smallest absolute Gasteiger partial charge is 0.0164 e. The lowest BCUT2D eigenvalue weighted by atomic mass is 9.70. The highest BCUT2D eigenvalue weighted by atomic mass is 14.3. The Balaban J connectivity index is 2.19. The maximum absolute atomic E-state index is 2.41. The minimum Gasteiger partial charge on any atom is -0.0806 e. The molecule has 0 radical (unpaired) electrons. The van der Waals surface area contributed by atoms with Crippen molar-refractivity contribution in [2.45, 2.75) is 19.8 Å². The summed E-state index contributed by atoms with van der Waals surface area (Å²) in [6, 6.07) is 0. The third-order valence-electron chi connectivity index (χ3n) is 2.47. The molecule has 0 heteroatoms. The van der Waals surface area contributed by atoms with Crippen molar-refractivity contribution >= 4 is 0 Å². The summed E-state index contributed by atoms with van der Waals surface area (Å²) >= 11 is 0. The summed E-state index contributed by atoms with van der Waals surface area (Å²) in [5.41, 5.74) is 1.45. The van der Waals surface area contributed by atoms with Gasteiger partial charge in [-0.3, -0.25) is 0 Å². The Morgan fingerprint density at radius 3 is 2.56 bits per heavy atom. The monoisotopic (exact) mass is 120 g/mol. The van der Waals surface area contributed by atoms with Gasteiger partial charge in [-0.15, -0.1) is 0 Å². The van der Waals surface area contributed by atoms with Gasteiger partial charge in [0.15, 0.2) is 0 Å². The van der Waals surface area contributed by atoms with E-state index >= 15 is 0 Å². The molecule has 1 fully saturated rings. The van der Waals surface area contributed by atoms with Gasteiger partial charge >= 0.3 is 0 Å². The van der Waals surface area contributed by atoms with Gasteiger partial charge in [-0.05, 0) is 31.6 Å². The van der Waals surface area contributed by atoms with E-state index in [2.05, 4.69) is 25.2 Å². The number of hydrogen-bond acceptors (Lipinski definition) is 0. The van der Waals surface area contributed by atoms with Crippen LogP contribution in [0.1, 0.15) is 19.8 Å². The van der Waals surface area contributed by atoms with Crippen LogP contribution in [0.2, 0.25) is 0 Å². The molecule has 1 saturated carbocycles. The van der Waals surface area contributed by atoms with E-state index in [9.17, 15) is 0 Å². The van der Waals surface area contributed by atoms with Gasteiger partial charge in [0.05, 0.1) is 0 Å². The summed E-state index contributed by atoms with van der Waals surface area (Å²) in [6.45, 7) is 2.19. The minimum absolute atomic E-state index is 0.911. The van der Waals surface area contributed by atoms with Gasteiger partial charge in [0, 0.05) is 0 Å². The molecule has 0 aromatic carbocycles. The van der Waals surface area contributed by atoms with Gasteiger partial charge in [-0.1, -0.05) is 23.8 Å². The van der Waals surface area contributed by atoms with E-state index in [0.717, 1.165) is 11.8 Å². The van der Waals surface area contributed by atoms with Crippen LogP contribution in [0.15, 0.2) is 23.8 Å². The highest BCUT2D eigenvalue weighted by molar-refractivity contribution is 5.25. The molecule has 2 unspecified atom stereocenters. The zero-order valence-corrected chi connectivity index (χ0v) is 5.80. The van der Waals surface area contributed by atoms with E-state index in [4.69, 9.17) is 0 Å². The first kappa shape index (κ1) is 5.28. The van der Waals surface area contributed by atoms with E-state index in [1.54, 1.807) is 0 Å². The molecule has 9 heavy (non-hydrogen) atoms. The molecule has 0 spiro atoms. The predicted octanol–water partition coefficient (Wildman–Crippen LogP) is 2.53. The van der Waals surface area contributed by atoms with Gasteiger partial charge < -0.3 is 0 Å². The molecule has 0 aliphatic heterocycles. The van der Waals surface area contributed by atoms with Crippen molar-refractivity contribution < 1.29 is 0 Å². The van der Waals surface area contributed by atoms with Gasteiger partial charge in [0.25, 0.3) is 0 Å². The highest BCUT2D eigenvalue weighted by Gasteiger charge is 2.27. The number of fused-ring (bicyclic) bond motifs is 1. The predicted molar refractivity (Wildman–Crippen MR) is 39.1 cm³/mol. The molecular weight excluding hydrogens is 108 g/mol. The van der Waals surface area contributed by atoms with Crippen molar-refractivity contribution in [2.75, 3.05) is 0 Å². The largest absolute Gasteiger partial charge is 0.0806 e. The zero-order chi connectivity index (χ0) is 6.27. The molecule has 0 saturated heterocycles. The Kier molecular flexibility index (Phi) is 1.01. The maximum atomic E-state index is 2.41. The molecule has 2 atom stereocenters. The highest BCUT2D eigenvalue weighted by Crippen LogP contribution is 2.39. The van der Waals surface area contributed by atoms with Crippen molar-refractivity contribution in [3.8, 4) is 0 Å². The van der Waals surface area contributed by atoms with Crippen LogP contribution in [-0.2, 0) is 0 Å². The molecule has 48 valence electrons. The first-order chi connectivity index (χ1) is 4.36. The fraction of sp³-hybridized carbons (Fsp3) is 0.556. The molecule has 0 bridgehead atoms. The van der Waals surface area contributed by atoms with Crippen LogP contribution in [0.25, 0.3) is 0 Å². The van der Waals surface area contributed by atoms with Crippen LogP contribution in [-0.4, -0.2) is 0 Å². The van der Waals surface area contributed by atoms with Crippen molar-refractivity contribution in [3.63, 3.8) is 0 Å². The van der Waals surface area contributed by atoms with E-state index in [0.29, 0.717) is 0 Å². The molecule has 0 nitrogen and oxygen atoms in total. The van der Waals surface area contributed by atoms with Crippen molar-refractivity contribution in [1.82, 2.24) is 0 Å². The van der Waals surface area contributed by atoms with E-state index in [1.165, 1.54) is 18.4 Å². The second-order valence-corrected chi connectivity index (χ2v) is 3.17. The van der Waals surface area contributed by atoms with E-state index in [-0.39, 0.29) is 0 Å². The summed E-state index contributed by atoms with van der Waals surface area (Å²) in [5.74, 6) is 1.82. The molecule has 0 N–H and O–H groups in total. The first-order valence-electron chi connectivity index (χ1n) is 3.73.